The summed E-state index contributed by atoms with van der Waals surface area (Å²) < 4.78 is 0. The lowest BCUT2D eigenvalue weighted by Crippen LogP contribution is -2.19. The van der Waals surface area contributed by atoms with Crippen molar-refractivity contribution in [2.24, 2.45) is 17.8 Å². The fourth-order valence-electron chi connectivity index (χ4n) is 4.06. The highest BCUT2D eigenvalue weighted by molar-refractivity contribution is 4.71. The van der Waals surface area contributed by atoms with Gasteiger partial charge in [0.1, 0.15) is 0 Å². The predicted octanol–water partition coefficient (Wildman–Crippen LogP) is 9.18. The Morgan fingerprint density at radius 3 is 1.25 bits per heavy atom. The third-order valence-corrected chi connectivity index (χ3v) is 6.39. The van der Waals surface area contributed by atoms with Crippen molar-refractivity contribution in [3.8, 4) is 0 Å². The quantitative estimate of drug-likeness (QED) is 0.218. The van der Waals surface area contributed by atoms with Crippen LogP contribution in [0.3, 0.4) is 0 Å². The molecule has 0 amide bonds. The van der Waals surface area contributed by atoms with Crippen LogP contribution in [0.25, 0.3) is 0 Å². The van der Waals surface area contributed by atoms with E-state index in [9.17, 15) is 0 Å². The van der Waals surface area contributed by atoms with Crippen LogP contribution in [0.4, 0.5) is 0 Å². The maximum atomic E-state index is 2.54. The molecule has 0 saturated carbocycles. The number of hydrogen-bond acceptors (Lipinski definition) is 0. The second-order valence-electron chi connectivity index (χ2n) is 8.47. The molecule has 3 unspecified atom stereocenters. The predicted molar refractivity (Wildman–Crippen MR) is 113 cm³/mol. The molecule has 0 radical (unpaired) electrons. The molecule has 0 spiro atoms. The normalized spacial score (nSPS) is 15.4. The van der Waals surface area contributed by atoms with E-state index in [-0.39, 0.29) is 0 Å². The Balaban J connectivity index is 3.96. The maximum Gasteiger partial charge on any atom is -0.0386 e. The molecule has 0 aromatic carbocycles. The molecular weight excluding hydrogens is 288 g/mol. The fourth-order valence-corrected chi connectivity index (χ4v) is 4.06. The van der Waals surface area contributed by atoms with E-state index in [2.05, 4.69) is 34.6 Å². The van der Waals surface area contributed by atoms with Crippen molar-refractivity contribution >= 4 is 0 Å². The average Bonchev–Trinajstić information content (AvgIpc) is 2.60. The SMILES string of the molecule is CCCCCCCCCC(CCCCCCCC)C(C)C(C)CC. The lowest BCUT2D eigenvalue weighted by atomic mass is 9.77. The minimum absolute atomic E-state index is 0.902. The van der Waals surface area contributed by atoms with E-state index < -0.39 is 0 Å². The van der Waals surface area contributed by atoms with Crippen LogP contribution >= 0.6 is 0 Å². The third-order valence-electron chi connectivity index (χ3n) is 6.39. The van der Waals surface area contributed by atoms with Crippen LogP contribution in [0.15, 0.2) is 0 Å². The summed E-state index contributed by atoms with van der Waals surface area (Å²) in [5.41, 5.74) is 0. The van der Waals surface area contributed by atoms with Gasteiger partial charge < -0.3 is 0 Å². The second-order valence-corrected chi connectivity index (χ2v) is 8.47. The van der Waals surface area contributed by atoms with E-state index in [1.807, 2.05) is 0 Å². The summed E-state index contributed by atoms with van der Waals surface area (Å²) in [6.45, 7) is 12.0. The van der Waals surface area contributed by atoms with E-state index in [4.69, 9.17) is 0 Å². The Bertz CT molecular complexity index is 232. The standard InChI is InChI=1S/C24H50/c1-6-9-11-13-15-17-19-21-24(23(5)22(4)8-3)20-18-16-14-12-10-7-2/h22-24H,6-21H2,1-5H3. The van der Waals surface area contributed by atoms with Gasteiger partial charge in [0.05, 0.1) is 0 Å². The largest absolute Gasteiger partial charge is 0.0654 e. The van der Waals surface area contributed by atoms with Gasteiger partial charge in [-0.25, -0.2) is 0 Å². The Kier molecular flexibility index (Phi) is 17.8. The number of hydrogen-bond donors (Lipinski definition) is 0. The third kappa shape index (κ3) is 13.3. The summed E-state index contributed by atoms with van der Waals surface area (Å²) >= 11 is 0. The van der Waals surface area contributed by atoms with E-state index >= 15 is 0 Å². The van der Waals surface area contributed by atoms with Gasteiger partial charge in [-0.1, -0.05) is 137 Å². The first-order valence-corrected chi connectivity index (χ1v) is 11.7. The summed E-state index contributed by atoms with van der Waals surface area (Å²) in [7, 11) is 0. The molecule has 0 heterocycles. The molecule has 0 aliphatic rings. The van der Waals surface area contributed by atoms with Crippen LogP contribution in [0, 0.1) is 17.8 Å². The van der Waals surface area contributed by atoms with Gasteiger partial charge in [-0.3, -0.25) is 0 Å². The summed E-state index contributed by atoms with van der Waals surface area (Å²) in [5.74, 6) is 2.81. The Labute approximate surface area is 155 Å². The smallest absolute Gasteiger partial charge is 0.0386 e. The zero-order valence-electron chi connectivity index (χ0n) is 18.0. The van der Waals surface area contributed by atoms with Gasteiger partial charge in [0, 0.05) is 0 Å². The molecule has 0 bridgehead atoms. The van der Waals surface area contributed by atoms with Crippen LogP contribution < -0.4 is 0 Å². The van der Waals surface area contributed by atoms with Crippen molar-refractivity contribution in [2.45, 2.75) is 137 Å². The van der Waals surface area contributed by atoms with Gasteiger partial charge in [-0.05, 0) is 17.8 Å². The second kappa shape index (κ2) is 17.8. The van der Waals surface area contributed by atoms with Crippen LogP contribution in [0.2, 0.25) is 0 Å². The molecule has 0 saturated heterocycles. The van der Waals surface area contributed by atoms with Crippen molar-refractivity contribution in [3.63, 3.8) is 0 Å². The Morgan fingerprint density at radius 1 is 0.500 bits per heavy atom. The molecule has 0 aliphatic carbocycles. The molecule has 0 aromatic rings. The van der Waals surface area contributed by atoms with Gasteiger partial charge in [0.2, 0.25) is 0 Å². The molecule has 0 N–H and O–H groups in total. The average molecular weight is 339 g/mol. The van der Waals surface area contributed by atoms with Gasteiger partial charge in [0.15, 0.2) is 0 Å². The van der Waals surface area contributed by atoms with Crippen LogP contribution in [-0.2, 0) is 0 Å². The van der Waals surface area contributed by atoms with Crippen LogP contribution in [0.1, 0.15) is 137 Å². The molecule has 0 fully saturated rings. The molecule has 146 valence electrons. The topological polar surface area (TPSA) is 0 Å². The molecule has 0 aliphatic heterocycles. The highest BCUT2D eigenvalue weighted by Gasteiger charge is 2.21. The van der Waals surface area contributed by atoms with E-state index in [0.29, 0.717) is 0 Å². The first-order valence-electron chi connectivity index (χ1n) is 11.7. The molecular formula is C24H50. The summed E-state index contributed by atoms with van der Waals surface area (Å²) in [4.78, 5) is 0. The van der Waals surface area contributed by atoms with Crippen molar-refractivity contribution < 1.29 is 0 Å². The van der Waals surface area contributed by atoms with Crippen molar-refractivity contribution in [2.75, 3.05) is 0 Å². The van der Waals surface area contributed by atoms with Crippen LogP contribution in [0.5, 0.6) is 0 Å². The lowest BCUT2D eigenvalue weighted by molar-refractivity contribution is 0.220. The minimum Gasteiger partial charge on any atom is -0.0654 e. The number of rotatable bonds is 18. The zero-order chi connectivity index (χ0) is 18.0. The lowest BCUT2D eigenvalue weighted by Gasteiger charge is -2.29. The highest BCUT2D eigenvalue weighted by atomic mass is 14.3. The molecule has 0 rings (SSSR count). The Hall–Kier alpha value is 0. The monoisotopic (exact) mass is 338 g/mol. The van der Waals surface area contributed by atoms with E-state index in [1.165, 1.54) is 103 Å². The van der Waals surface area contributed by atoms with Crippen molar-refractivity contribution in [3.05, 3.63) is 0 Å². The van der Waals surface area contributed by atoms with Gasteiger partial charge >= 0.3 is 0 Å². The minimum atomic E-state index is 0.902. The zero-order valence-corrected chi connectivity index (χ0v) is 18.0. The van der Waals surface area contributed by atoms with E-state index in [1.54, 1.807) is 0 Å². The summed E-state index contributed by atoms with van der Waals surface area (Å²) in [5, 5.41) is 0. The molecule has 24 heavy (non-hydrogen) atoms. The van der Waals surface area contributed by atoms with E-state index in [0.717, 1.165) is 17.8 Å². The van der Waals surface area contributed by atoms with Gasteiger partial charge in [-0.2, -0.15) is 0 Å². The molecule has 0 heteroatoms. The highest BCUT2D eigenvalue weighted by Crippen LogP contribution is 2.31. The first-order chi connectivity index (χ1) is 11.7. The van der Waals surface area contributed by atoms with Gasteiger partial charge in [0.25, 0.3) is 0 Å². The van der Waals surface area contributed by atoms with Crippen molar-refractivity contribution in [1.29, 1.82) is 0 Å². The molecule has 3 atom stereocenters. The maximum absolute atomic E-state index is 2.54. The first kappa shape index (κ1) is 24.0. The van der Waals surface area contributed by atoms with Crippen LogP contribution in [-0.4, -0.2) is 0 Å². The Morgan fingerprint density at radius 2 is 0.875 bits per heavy atom. The molecule has 0 aromatic heterocycles. The fraction of sp³-hybridized carbons (Fsp3) is 1.00. The molecule has 0 nitrogen and oxygen atoms in total. The number of unbranched alkanes of at least 4 members (excludes halogenated alkanes) is 11. The van der Waals surface area contributed by atoms with Gasteiger partial charge in [-0.15, -0.1) is 0 Å². The van der Waals surface area contributed by atoms with Crippen molar-refractivity contribution in [1.82, 2.24) is 0 Å². The summed E-state index contributed by atoms with van der Waals surface area (Å²) in [6.07, 6.45) is 23.2. The summed E-state index contributed by atoms with van der Waals surface area (Å²) in [6, 6.07) is 0.